The molecule has 3 aromatic rings. The molecule has 0 fully saturated rings. The minimum atomic E-state index is -3.55. The standard InChI is InChI=1S/C20H20ClN3O3S2/c1-3-22-29(26,27)16-10-8-14(9-11-16)19(25)24-20-23-13(2)18(28-20)12-15-6-4-5-7-17(15)21/h4-11,22H,3,12H2,1-2H3,(H,23,24,25). The summed E-state index contributed by atoms with van der Waals surface area (Å²) in [6.07, 6.45) is 0.635. The molecule has 6 nitrogen and oxygen atoms in total. The fourth-order valence-corrected chi connectivity index (χ4v) is 4.91. The third-order valence-electron chi connectivity index (χ3n) is 4.18. The van der Waals surface area contributed by atoms with Gasteiger partial charge < -0.3 is 0 Å². The lowest BCUT2D eigenvalue weighted by molar-refractivity contribution is 0.102. The first-order valence-electron chi connectivity index (χ1n) is 8.91. The molecule has 0 aliphatic heterocycles. The van der Waals surface area contributed by atoms with E-state index in [0.29, 0.717) is 28.7 Å². The molecule has 0 unspecified atom stereocenters. The Hall–Kier alpha value is -2.26. The third-order valence-corrected chi connectivity index (χ3v) is 7.19. The summed E-state index contributed by atoms with van der Waals surface area (Å²) in [5, 5.41) is 3.95. The molecule has 1 amide bonds. The number of nitrogens with one attached hydrogen (secondary N) is 2. The maximum atomic E-state index is 12.5. The number of nitrogens with zero attached hydrogens (tertiary/aromatic N) is 1. The van der Waals surface area contributed by atoms with E-state index < -0.39 is 10.0 Å². The molecule has 29 heavy (non-hydrogen) atoms. The number of anilines is 1. The zero-order chi connectivity index (χ0) is 21.0. The van der Waals surface area contributed by atoms with Gasteiger partial charge in [0.15, 0.2) is 5.13 Å². The maximum Gasteiger partial charge on any atom is 0.257 e. The van der Waals surface area contributed by atoms with Gasteiger partial charge in [-0.1, -0.05) is 36.7 Å². The van der Waals surface area contributed by atoms with Crippen LogP contribution in [0.1, 0.15) is 33.4 Å². The van der Waals surface area contributed by atoms with Crippen LogP contribution in [0.2, 0.25) is 5.02 Å². The Morgan fingerprint density at radius 2 is 1.83 bits per heavy atom. The van der Waals surface area contributed by atoms with E-state index in [4.69, 9.17) is 11.6 Å². The maximum absolute atomic E-state index is 12.5. The van der Waals surface area contributed by atoms with Gasteiger partial charge in [0.05, 0.1) is 10.6 Å². The first-order valence-corrected chi connectivity index (χ1v) is 11.6. The van der Waals surface area contributed by atoms with E-state index in [-0.39, 0.29) is 10.8 Å². The molecular weight excluding hydrogens is 430 g/mol. The van der Waals surface area contributed by atoms with Crippen molar-refractivity contribution in [2.75, 3.05) is 11.9 Å². The molecule has 152 valence electrons. The van der Waals surface area contributed by atoms with Crippen LogP contribution in [0, 0.1) is 6.92 Å². The van der Waals surface area contributed by atoms with E-state index in [9.17, 15) is 13.2 Å². The highest BCUT2D eigenvalue weighted by Gasteiger charge is 2.16. The molecule has 0 spiro atoms. The second-order valence-electron chi connectivity index (χ2n) is 6.28. The fourth-order valence-electron chi connectivity index (χ4n) is 2.69. The molecule has 0 saturated heterocycles. The van der Waals surface area contributed by atoms with Gasteiger partial charge in [0.2, 0.25) is 10.0 Å². The number of sulfonamides is 1. The number of aromatic nitrogens is 1. The number of carbonyl (C=O) groups excluding carboxylic acids is 1. The Balaban J connectivity index is 1.72. The van der Waals surface area contributed by atoms with Gasteiger partial charge in [-0.15, -0.1) is 11.3 Å². The summed E-state index contributed by atoms with van der Waals surface area (Å²) in [7, 11) is -3.55. The fraction of sp³-hybridized carbons (Fsp3) is 0.200. The van der Waals surface area contributed by atoms with Crippen LogP contribution in [-0.4, -0.2) is 25.9 Å². The van der Waals surface area contributed by atoms with Crippen molar-refractivity contribution in [2.24, 2.45) is 0 Å². The topological polar surface area (TPSA) is 88.2 Å². The van der Waals surface area contributed by atoms with Crippen LogP contribution < -0.4 is 10.0 Å². The second-order valence-corrected chi connectivity index (χ2v) is 9.53. The SMILES string of the molecule is CCNS(=O)(=O)c1ccc(C(=O)Nc2nc(C)c(Cc3ccccc3Cl)s2)cc1. The minimum Gasteiger partial charge on any atom is -0.298 e. The summed E-state index contributed by atoms with van der Waals surface area (Å²) < 4.78 is 26.4. The number of hydrogen-bond acceptors (Lipinski definition) is 5. The van der Waals surface area contributed by atoms with Gasteiger partial charge in [-0.2, -0.15) is 0 Å². The Morgan fingerprint density at radius 3 is 2.48 bits per heavy atom. The van der Waals surface area contributed by atoms with Crippen molar-refractivity contribution in [3.63, 3.8) is 0 Å². The quantitative estimate of drug-likeness (QED) is 0.564. The van der Waals surface area contributed by atoms with Crippen molar-refractivity contribution < 1.29 is 13.2 Å². The van der Waals surface area contributed by atoms with Crippen LogP contribution in [0.4, 0.5) is 5.13 Å². The first-order chi connectivity index (χ1) is 13.8. The lowest BCUT2D eigenvalue weighted by atomic mass is 10.1. The van der Waals surface area contributed by atoms with Crippen molar-refractivity contribution in [1.82, 2.24) is 9.71 Å². The highest BCUT2D eigenvalue weighted by Crippen LogP contribution is 2.28. The van der Waals surface area contributed by atoms with Crippen molar-refractivity contribution in [1.29, 1.82) is 0 Å². The molecule has 0 aliphatic carbocycles. The minimum absolute atomic E-state index is 0.114. The number of amides is 1. The van der Waals surface area contributed by atoms with Crippen molar-refractivity contribution in [3.8, 4) is 0 Å². The number of benzene rings is 2. The summed E-state index contributed by atoms with van der Waals surface area (Å²) in [6, 6.07) is 13.4. The molecule has 0 atom stereocenters. The number of aryl methyl sites for hydroxylation is 1. The molecule has 3 rings (SSSR count). The van der Waals surface area contributed by atoms with E-state index in [1.54, 1.807) is 6.92 Å². The predicted molar refractivity (Wildman–Crippen MR) is 116 cm³/mol. The number of halogens is 1. The van der Waals surface area contributed by atoms with Gasteiger partial charge in [0, 0.05) is 28.4 Å². The van der Waals surface area contributed by atoms with Gasteiger partial charge in [0.1, 0.15) is 0 Å². The summed E-state index contributed by atoms with van der Waals surface area (Å²) in [5.41, 5.74) is 2.18. The number of thiazole rings is 1. The van der Waals surface area contributed by atoms with E-state index >= 15 is 0 Å². The van der Waals surface area contributed by atoms with Crippen LogP contribution in [0.3, 0.4) is 0 Å². The van der Waals surface area contributed by atoms with E-state index in [1.807, 2.05) is 31.2 Å². The van der Waals surface area contributed by atoms with Crippen molar-refractivity contribution in [2.45, 2.75) is 25.2 Å². The molecule has 1 heterocycles. The van der Waals surface area contributed by atoms with Gasteiger partial charge in [-0.3, -0.25) is 10.1 Å². The predicted octanol–water partition coefficient (Wildman–Crippen LogP) is 4.25. The van der Waals surface area contributed by atoms with Gasteiger partial charge >= 0.3 is 0 Å². The molecule has 0 saturated carbocycles. The zero-order valence-electron chi connectivity index (χ0n) is 15.9. The lowest BCUT2D eigenvalue weighted by Crippen LogP contribution is -2.23. The number of hydrogen-bond donors (Lipinski definition) is 2. The van der Waals surface area contributed by atoms with Crippen molar-refractivity contribution >= 4 is 44.0 Å². The Bertz CT molecular complexity index is 1130. The van der Waals surface area contributed by atoms with E-state index in [2.05, 4.69) is 15.0 Å². The first kappa shape index (κ1) is 21.4. The van der Waals surface area contributed by atoms with Crippen molar-refractivity contribution in [3.05, 3.63) is 75.3 Å². The Labute approximate surface area is 179 Å². The molecule has 1 aromatic heterocycles. The van der Waals surface area contributed by atoms with Gasteiger partial charge in [0.25, 0.3) is 5.91 Å². The average Bonchev–Trinajstić information content (AvgIpc) is 3.02. The number of carbonyl (C=O) groups is 1. The molecule has 0 aliphatic rings. The lowest BCUT2D eigenvalue weighted by Gasteiger charge is -2.06. The Kier molecular flexibility index (Phi) is 6.69. The molecule has 0 bridgehead atoms. The Morgan fingerprint density at radius 1 is 1.14 bits per heavy atom. The van der Waals surface area contributed by atoms with Crippen LogP contribution in [0.5, 0.6) is 0 Å². The molecular formula is C20H20ClN3O3S2. The van der Waals surface area contributed by atoms with Crippen LogP contribution in [-0.2, 0) is 16.4 Å². The summed E-state index contributed by atoms with van der Waals surface area (Å²) in [6.45, 7) is 3.89. The van der Waals surface area contributed by atoms with Crippen LogP contribution in [0.25, 0.3) is 0 Å². The third kappa shape index (κ3) is 5.22. The molecule has 2 aromatic carbocycles. The highest BCUT2D eigenvalue weighted by molar-refractivity contribution is 7.89. The summed E-state index contributed by atoms with van der Waals surface area (Å²) in [5.74, 6) is -0.351. The summed E-state index contributed by atoms with van der Waals surface area (Å²) >= 11 is 7.62. The average molecular weight is 450 g/mol. The van der Waals surface area contributed by atoms with Crippen LogP contribution >= 0.6 is 22.9 Å². The molecule has 2 N–H and O–H groups in total. The number of rotatable bonds is 7. The smallest absolute Gasteiger partial charge is 0.257 e. The van der Waals surface area contributed by atoms with E-state index in [0.717, 1.165) is 16.1 Å². The largest absolute Gasteiger partial charge is 0.298 e. The van der Waals surface area contributed by atoms with Crippen LogP contribution in [0.15, 0.2) is 53.4 Å². The van der Waals surface area contributed by atoms with E-state index in [1.165, 1.54) is 35.6 Å². The molecule has 0 radical (unpaired) electrons. The van der Waals surface area contributed by atoms with Gasteiger partial charge in [-0.05, 0) is 42.8 Å². The second kappa shape index (κ2) is 9.04. The summed E-state index contributed by atoms with van der Waals surface area (Å²) in [4.78, 5) is 18.1. The normalized spacial score (nSPS) is 11.4. The monoisotopic (exact) mass is 449 g/mol. The highest BCUT2D eigenvalue weighted by atomic mass is 35.5. The zero-order valence-corrected chi connectivity index (χ0v) is 18.3. The van der Waals surface area contributed by atoms with Gasteiger partial charge in [-0.25, -0.2) is 18.1 Å². The molecule has 9 heteroatoms.